The number of likely N-dealkylation sites (N-methyl/N-ethyl adjacent to an activating group) is 1. The zero-order valence-electron chi connectivity index (χ0n) is 8.64. The van der Waals surface area contributed by atoms with E-state index >= 15 is 0 Å². The van der Waals surface area contributed by atoms with Gasteiger partial charge in [-0.1, -0.05) is 6.07 Å². The number of rotatable bonds is 4. The smallest absolute Gasteiger partial charge is 0.123 e. The molecule has 0 radical (unpaired) electrons. The maximum atomic E-state index is 4.29. The maximum absolute atomic E-state index is 4.29. The first kappa shape index (κ1) is 9.86. The number of nitrogens with zero attached hydrogens (tertiary/aromatic N) is 2. The van der Waals surface area contributed by atoms with Crippen molar-refractivity contribution in [3.05, 3.63) is 48.3 Å². The molecule has 78 valence electrons. The lowest BCUT2D eigenvalue weighted by Gasteiger charge is -2.12. The molecule has 15 heavy (non-hydrogen) atoms. The third-order valence-corrected chi connectivity index (χ3v) is 2.34. The second-order valence-electron chi connectivity index (χ2n) is 3.34. The minimum atomic E-state index is 0.190. The Labute approximate surface area is 88.8 Å². The second kappa shape index (κ2) is 4.70. The molecule has 1 atom stereocenters. The first-order chi connectivity index (χ1) is 7.40. The number of H-pyrrole nitrogens is 1. The molecular weight excluding hydrogens is 188 g/mol. The Morgan fingerprint density at radius 2 is 2.27 bits per heavy atom. The van der Waals surface area contributed by atoms with Gasteiger partial charge in [0.2, 0.25) is 0 Å². The Morgan fingerprint density at radius 1 is 1.33 bits per heavy atom. The largest absolute Gasteiger partial charge is 0.347 e. The van der Waals surface area contributed by atoms with Gasteiger partial charge in [0.05, 0.1) is 6.04 Å². The molecule has 2 N–H and O–H groups in total. The van der Waals surface area contributed by atoms with E-state index < -0.39 is 0 Å². The van der Waals surface area contributed by atoms with Crippen LogP contribution in [0.25, 0.3) is 0 Å². The molecule has 0 aromatic carbocycles. The van der Waals surface area contributed by atoms with Crippen molar-refractivity contribution in [2.75, 3.05) is 7.05 Å². The Balaban J connectivity index is 2.10. The van der Waals surface area contributed by atoms with Crippen LogP contribution in [0, 0.1) is 0 Å². The van der Waals surface area contributed by atoms with Crippen LogP contribution in [0.1, 0.15) is 17.6 Å². The standard InChI is InChI=1S/C11H14N4/c1-12-10(11-14-6-7-15-11)8-9-4-2-3-5-13-9/h2-7,10,12H,8H2,1H3,(H,14,15). The highest BCUT2D eigenvalue weighted by Gasteiger charge is 2.12. The molecule has 0 saturated heterocycles. The van der Waals surface area contributed by atoms with Gasteiger partial charge >= 0.3 is 0 Å². The molecule has 2 aromatic rings. The summed E-state index contributed by atoms with van der Waals surface area (Å²) in [6.07, 6.45) is 6.24. The molecule has 0 aliphatic carbocycles. The van der Waals surface area contributed by atoms with Crippen LogP contribution in [0.5, 0.6) is 0 Å². The lowest BCUT2D eigenvalue weighted by molar-refractivity contribution is 0.556. The van der Waals surface area contributed by atoms with Gasteiger partial charge < -0.3 is 10.3 Å². The molecule has 2 rings (SSSR count). The van der Waals surface area contributed by atoms with E-state index in [4.69, 9.17) is 0 Å². The van der Waals surface area contributed by atoms with Crippen molar-refractivity contribution in [3.63, 3.8) is 0 Å². The van der Waals surface area contributed by atoms with Gasteiger partial charge in [-0.25, -0.2) is 4.98 Å². The monoisotopic (exact) mass is 202 g/mol. The molecule has 2 heterocycles. The molecule has 0 aliphatic rings. The highest BCUT2D eigenvalue weighted by molar-refractivity contribution is 5.08. The molecule has 0 fully saturated rings. The average Bonchev–Trinajstić information content (AvgIpc) is 2.81. The van der Waals surface area contributed by atoms with Crippen molar-refractivity contribution in [2.45, 2.75) is 12.5 Å². The zero-order valence-corrected chi connectivity index (χ0v) is 8.64. The van der Waals surface area contributed by atoms with E-state index in [2.05, 4.69) is 20.3 Å². The molecule has 2 aromatic heterocycles. The van der Waals surface area contributed by atoms with Gasteiger partial charge in [-0.2, -0.15) is 0 Å². The van der Waals surface area contributed by atoms with Crippen molar-refractivity contribution >= 4 is 0 Å². The summed E-state index contributed by atoms with van der Waals surface area (Å²) in [5.74, 6) is 0.947. The lowest BCUT2D eigenvalue weighted by atomic mass is 10.1. The van der Waals surface area contributed by atoms with E-state index in [0.29, 0.717) is 0 Å². The second-order valence-corrected chi connectivity index (χ2v) is 3.34. The minimum absolute atomic E-state index is 0.190. The van der Waals surface area contributed by atoms with E-state index in [0.717, 1.165) is 17.9 Å². The van der Waals surface area contributed by atoms with Crippen molar-refractivity contribution in [3.8, 4) is 0 Å². The normalized spacial score (nSPS) is 12.6. The summed E-state index contributed by atoms with van der Waals surface area (Å²) < 4.78 is 0. The highest BCUT2D eigenvalue weighted by atomic mass is 15.0. The molecule has 4 heteroatoms. The van der Waals surface area contributed by atoms with E-state index in [1.807, 2.05) is 37.6 Å². The molecule has 1 unspecified atom stereocenters. The third kappa shape index (κ3) is 2.41. The average molecular weight is 202 g/mol. The summed E-state index contributed by atoms with van der Waals surface area (Å²) in [6, 6.07) is 6.13. The van der Waals surface area contributed by atoms with E-state index in [1.165, 1.54) is 0 Å². The van der Waals surface area contributed by atoms with Crippen molar-refractivity contribution in [1.82, 2.24) is 20.3 Å². The number of pyridine rings is 1. The quantitative estimate of drug-likeness (QED) is 0.786. The van der Waals surface area contributed by atoms with Crippen LogP contribution >= 0.6 is 0 Å². The van der Waals surface area contributed by atoms with Crippen LogP contribution in [0.4, 0.5) is 0 Å². The highest BCUT2D eigenvalue weighted by Crippen LogP contribution is 2.12. The fraction of sp³-hybridized carbons (Fsp3) is 0.273. The third-order valence-electron chi connectivity index (χ3n) is 2.34. The summed E-state index contributed by atoms with van der Waals surface area (Å²) in [5.41, 5.74) is 1.06. The Bertz CT molecular complexity index is 382. The van der Waals surface area contributed by atoms with Crippen LogP contribution < -0.4 is 5.32 Å². The van der Waals surface area contributed by atoms with Crippen LogP contribution in [0.3, 0.4) is 0 Å². The number of hydrogen-bond donors (Lipinski definition) is 2. The number of hydrogen-bond acceptors (Lipinski definition) is 3. The van der Waals surface area contributed by atoms with Gasteiger partial charge in [0.25, 0.3) is 0 Å². The number of imidazole rings is 1. The minimum Gasteiger partial charge on any atom is -0.347 e. The fourth-order valence-electron chi connectivity index (χ4n) is 1.53. The van der Waals surface area contributed by atoms with Crippen molar-refractivity contribution in [1.29, 1.82) is 0 Å². The zero-order chi connectivity index (χ0) is 10.5. The van der Waals surface area contributed by atoms with Gasteiger partial charge in [-0.15, -0.1) is 0 Å². The number of nitrogens with one attached hydrogen (secondary N) is 2. The first-order valence-electron chi connectivity index (χ1n) is 4.96. The Kier molecular flexibility index (Phi) is 3.09. The van der Waals surface area contributed by atoms with Gasteiger partial charge in [-0.05, 0) is 19.2 Å². The van der Waals surface area contributed by atoms with Crippen LogP contribution in [-0.4, -0.2) is 22.0 Å². The molecular formula is C11H14N4. The van der Waals surface area contributed by atoms with Gasteiger partial charge in [0, 0.05) is 30.7 Å². The van der Waals surface area contributed by atoms with E-state index in [9.17, 15) is 0 Å². The van der Waals surface area contributed by atoms with E-state index in [-0.39, 0.29) is 6.04 Å². The lowest BCUT2D eigenvalue weighted by Crippen LogP contribution is -2.20. The Hall–Kier alpha value is -1.68. The molecule has 4 nitrogen and oxygen atoms in total. The number of aromatic amines is 1. The molecule has 0 amide bonds. The van der Waals surface area contributed by atoms with E-state index in [1.54, 1.807) is 6.20 Å². The van der Waals surface area contributed by atoms with Gasteiger partial charge in [-0.3, -0.25) is 4.98 Å². The molecule has 0 bridgehead atoms. The van der Waals surface area contributed by atoms with Crippen LogP contribution in [0.15, 0.2) is 36.8 Å². The van der Waals surface area contributed by atoms with Crippen LogP contribution in [0.2, 0.25) is 0 Å². The summed E-state index contributed by atoms with van der Waals surface area (Å²) in [7, 11) is 1.93. The molecule has 0 aliphatic heterocycles. The molecule has 0 spiro atoms. The summed E-state index contributed by atoms with van der Waals surface area (Å²) >= 11 is 0. The number of aromatic nitrogens is 3. The fourth-order valence-corrected chi connectivity index (χ4v) is 1.53. The summed E-state index contributed by atoms with van der Waals surface area (Å²) in [5, 5.41) is 3.22. The topological polar surface area (TPSA) is 53.6 Å². The first-order valence-corrected chi connectivity index (χ1v) is 4.96. The van der Waals surface area contributed by atoms with Gasteiger partial charge in [0.1, 0.15) is 5.82 Å². The summed E-state index contributed by atoms with van der Waals surface area (Å²) in [4.78, 5) is 11.6. The van der Waals surface area contributed by atoms with Crippen LogP contribution in [-0.2, 0) is 6.42 Å². The SMILES string of the molecule is CNC(Cc1ccccn1)c1ncc[nH]1. The van der Waals surface area contributed by atoms with Gasteiger partial charge in [0.15, 0.2) is 0 Å². The Morgan fingerprint density at radius 3 is 2.87 bits per heavy atom. The molecule has 0 saturated carbocycles. The predicted octanol–water partition coefficient (Wildman–Crippen LogP) is 1.31. The van der Waals surface area contributed by atoms with Crippen molar-refractivity contribution in [2.24, 2.45) is 0 Å². The van der Waals surface area contributed by atoms with Crippen molar-refractivity contribution < 1.29 is 0 Å². The summed E-state index contributed by atoms with van der Waals surface area (Å²) in [6.45, 7) is 0. The maximum Gasteiger partial charge on any atom is 0.123 e. The predicted molar refractivity (Wildman–Crippen MR) is 58.3 cm³/mol.